The number of nitrogens with two attached hydrogens (primary N) is 1. The highest BCUT2D eigenvalue weighted by molar-refractivity contribution is 5.58. The van der Waals surface area contributed by atoms with Crippen LogP contribution in [0.1, 0.15) is 25.0 Å². The van der Waals surface area contributed by atoms with Crippen molar-refractivity contribution < 1.29 is 4.74 Å². The highest BCUT2D eigenvalue weighted by atomic mass is 16.5. The molecule has 0 aliphatic carbocycles. The summed E-state index contributed by atoms with van der Waals surface area (Å²) in [6, 6.07) is 4.09. The maximum Gasteiger partial charge on any atom is 0.142 e. The molecular weight excluding hydrogens is 188 g/mol. The Balaban J connectivity index is 2.56. The third-order valence-electron chi connectivity index (χ3n) is 3.07. The summed E-state index contributed by atoms with van der Waals surface area (Å²) >= 11 is 0. The molecule has 1 aliphatic heterocycles. The van der Waals surface area contributed by atoms with Crippen LogP contribution < -0.4 is 15.8 Å². The van der Waals surface area contributed by atoms with Gasteiger partial charge in [-0.1, -0.05) is 13.8 Å². The van der Waals surface area contributed by atoms with Crippen LogP contribution in [0.5, 0.6) is 5.75 Å². The lowest BCUT2D eigenvalue weighted by molar-refractivity contribution is 0.405. The van der Waals surface area contributed by atoms with Gasteiger partial charge in [0.2, 0.25) is 0 Å². The van der Waals surface area contributed by atoms with Gasteiger partial charge in [0, 0.05) is 18.5 Å². The molecule has 1 aliphatic rings. The van der Waals surface area contributed by atoms with Crippen molar-refractivity contribution in [1.82, 2.24) is 5.32 Å². The van der Waals surface area contributed by atoms with Crippen LogP contribution in [0.15, 0.2) is 12.1 Å². The monoisotopic (exact) mass is 206 g/mol. The zero-order chi connectivity index (χ0) is 11.1. The molecule has 82 valence electrons. The van der Waals surface area contributed by atoms with E-state index in [2.05, 4.69) is 25.2 Å². The Labute approximate surface area is 90.6 Å². The second-order valence-corrected chi connectivity index (χ2v) is 4.74. The molecule has 0 aromatic heterocycles. The van der Waals surface area contributed by atoms with Crippen molar-refractivity contribution in [1.29, 1.82) is 0 Å². The van der Waals surface area contributed by atoms with E-state index in [0.717, 1.165) is 24.5 Å². The molecular formula is C12H18N2O. The molecule has 15 heavy (non-hydrogen) atoms. The first-order valence-corrected chi connectivity index (χ1v) is 5.22. The molecule has 3 nitrogen and oxygen atoms in total. The predicted molar refractivity (Wildman–Crippen MR) is 62.1 cm³/mol. The van der Waals surface area contributed by atoms with E-state index in [1.165, 1.54) is 11.1 Å². The summed E-state index contributed by atoms with van der Waals surface area (Å²) in [5, 5.41) is 3.40. The van der Waals surface area contributed by atoms with Gasteiger partial charge in [0.1, 0.15) is 5.75 Å². The lowest BCUT2D eigenvalue weighted by Crippen LogP contribution is -2.38. The fourth-order valence-electron chi connectivity index (χ4n) is 2.20. The molecule has 0 saturated heterocycles. The van der Waals surface area contributed by atoms with Crippen LogP contribution in [0.3, 0.4) is 0 Å². The van der Waals surface area contributed by atoms with E-state index >= 15 is 0 Å². The fourth-order valence-corrected chi connectivity index (χ4v) is 2.20. The van der Waals surface area contributed by atoms with Gasteiger partial charge in [-0.25, -0.2) is 0 Å². The maximum absolute atomic E-state index is 5.89. The number of fused-ring (bicyclic) bond motifs is 1. The molecule has 1 aromatic carbocycles. The second-order valence-electron chi connectivity index (χ2n) is 4.74. The van der Waals surface area contributed by atoms with Gasteiger partial charge in [-0.15, -0.1) is 0 Å². The summed E-state index contributed by atoms with van der Waals surface area (Å²) in [6.07, 6.45) is 0. The van der Waals surface area contributed by atoms with E-state index in [-0.39, 0.29) is 5.41 Å². The summed E-state index contributed by atoms with van der Waals surface area (Å²) in [6.45, 7) is 6.35. The van der Waals surface area contributed by atoms with Crippen LogP contribution >= 0.6 is 0 Å². The fraction of sp³-hybridized carbons (Fsp3) is 0.500. The number of nitrogen functional groups attached to an aromatic ring is 1. The summed E-state index contributed by atoms with van der Waals surface area (Å²) in [4.78, 5) is 0. The number of anilines is 1. The van der Waals surface area contributed by atoms with E-state index < -0.39 is 0 Å². The maximum atomic E-state index is 5.89. The molecule has 0 atom stereocenters. The van der Waals surface area contributed by atoms with Gasteiger partial charge in [-0.05, 0) is 23.3 Å². The van der Waals surface area contributed by atoms with Crippen LogP contribution in [0.2, 0.25) is 0 Å². The highest BCUT2D eigenvalue weighted by Crippen LogP contribution is 2.35. The van der Waals surface area contributed by atoms with Gasteiger partial charge >= 0.3 is 0 Å². The third-order valence-corrected chi connectivity index (χ3v) is 3.07. The number of ether oxygens (including phenoxy) is 1. The largest absolute Gasteiger partial charge is 0.495 e. The molecule has 0 bridgehead atoms. The summed E-state index contributed by atoms with van der Waals surface area (Å²) in [7, 11) is 1.66. The van der Waals surface area contributed by atoms with Gasteiger partial charge in [0.25, 0.3) is 0 Å². The van der Waals surface area contributed by atoms with Gasteiger partial charge in [0.15, 0.2) is 0 Å². The van der Waals surface area contributed by atoms with Crippen molar-refractivity contribution in [2.24, 2.45) is 0 Å². The van der Waals surface area contributed by atoms with E-state index in [9.17, 15) is 0 Å². The van der Waals surface area contributed by atoms with Gasteiger partial charge in [-0.2, -0.15) is 0 Å². The Hall–Kier alpha value is -1.22. The zero-order valence-electron chi connectivity index (χ0n) is 9.55. The smallest absolute Gasteiger partial charge is 0.142 e. The zero-order valence-corrected chi connectivity index (χ0v) is 9.55. The Morgan fingerprint density at radius 2 is 2.13 bits per heavy atom. The minimum atomic E-state index is 0.147. The normalized spacial score (nSPS) is 18.3. The Kier molecular flexibility index (Phi) is 2.35. The molecule has 0 unspecified atom stereocenters. The van der Waals surface area contributed by atoms with Gasteiger partial charge < -0.3 is 15.8 Å². The molecule has 3 heteroatoms. The van der Waals surface area contributed by atoms with Crippen LogP contribution in [0, 0.1) is 0 Å². The first kappa shape index (κ1) is 10.3. The topological polar surface area (TPSA) is 47.3 Å². The van der Waals surface area contributed by atoms with E-state index in [1.54, 1.807) is 7.11 Å². The average Bonchev–Trinajstić information content (AvgIpc) is 2.16. The standard InChI is InChI=1S/C12H18N2O/c1-12(2)7-14-6-8-4-10(13)11(15-3)5-9(8)12/h4-5,14H,6-7,13H2,1-3H3. The van der Waals surface area contributed by atoms with Crippen molar-refractivity contribution in [2.45, 2.75) is 25.8 Å². The SMILES string of the molecule is COc1cc2c(cc1N)CNCC2(C)C. The van der Waals surface area contributed by atoms with Crippen LogP contribution in [-0.4, -0.2) is 13.7 Å². The van der Waals surface area contributed by atoms with E-state index in [1.807, 2.05) is 6.07 Å². The summed E-state index contributed by atoms with van der Waals surface area (Å²) < 4.78 is 5.26. The van der Waals surface area contributed by atoms with Crippen LogP contribution in [0.4, 0.5) is 5.69 Å². The van der Waals surface area contributed by atoms with Crippen molar-refractivity contribution >= 4 is 5.69 Å². The first-order chi connectivity index (χ1) is 7.04. The van der Waals surface area contributed by atoms with E-state index in [0.29, 0.717) is 0 Å². The molecule has 3 N–H and O–H groups in total. The number of benzene rings is 1. The molecule has 2 rings (SSSR count). The molecule has 1 heterocycles. The molecule has 0 fully saturated rings. The van der Waals surface area contributed by atoms with Crippen molar-refractivity contribution in [2.75, 3.05) is 19.4 Å². The quantitative estimate of drug-likeness (QED) is 0.687. The molecule has 0 radical (unpaired) electrons. The molecule has 1 aromatic rings. The van der Waals surface area contributed by atoms with Crippen molar-refractivity contribution in [3.63, 3.8) is 0 Å². The summed E-state index contributed by atoms with van der Waals surface area (Å²) in [5.41, 5.74) is 9.38. The summed E-state index contributed by atoms with van der Waals surface area (Å²) in [5.74, 6) is 0.781. The lowest BCUT2D eigenvalue weighted by atomic mass is 9.79. The van der Waals surface area contributed by atoms with Crippen molar-refractivity contribution in [3.8, 4) is 5.75 Å². The number of methoxy groups -OCH3 is 1. The number of hydrogen-bond acceptors (Lipinski definition) is 3. The minimum Gasteiger partial charge on any atom is -0.495 e. The van der Waals surface area contributed by atoms with Gasteiger partial charge in [-0.3, -0.25) is 0 Å². The Bertz CT molecular complexity index is 385. The molecule has 0 spiro atoms. The average molecular weight is 206 g/mol. The molecule has 0 amide bonds. The van der Waals surface area contributed by atoms with E-state index in [4.69, 9.17) is 10.5 Å². The third kappa shape index (κ3) is 1.67. The first-order valence-electron chi connectivity index (χ1n) is 5.22. The van der Waals surface area contributed by atoms with Gasteiger partial charge in [0.05, 0.1) is 12.8 Å². The number of rotatable bonds is 1. The molecule has 0 saturated carbocycles. The minimum absolute atomic E-state index is 0.147. The second kappa shape index (κ2) is 3.42. The predicted octanol–water partition coefficient (Wildman–Crippen LogP) is 1.66. The van der Waals surface area contributed by atoms with Crippen molar-refractivity contribution in [3.05, 3.63) is 23.3 Å². The van der Waals surface area contributed by atoms with Crippen LogP contribution in [0.25, 0.3) is 0 Å². The number of hydrogen-bond donors (Lipinski definition) is 2. The lowest BCUT2D eigenvalue weighted by Gasteiger charge is -2.33. The number of nitrogens with one attached hydrogen (secondary N) is 1. The Morgan fingerprint density at radius 1 is 1.40 bits per heavy atom. The highest BCUT2D eigenvalue weighted by Gasteiger charge is 2.28. The Morgan fingerprint density at radius 3 is 2.80 bits per heavy atom. The van der Waals surface area contributed by atoms with Crippen LogP contribution in [-0.2, 0) is 12.0 Å².